The van der Waals surface area contributed by atoms with Crippen molar-refractivity contribution in [2.45, 2.75) is 63.9 Å². The number of benzene rings is 1. The van der Waals surface area contributed by atoms with E-state index in [9.17, 15) is 10.2 Å². The van der Waals surface area contributed by atoms with E-state index in [1.807, 2.05) is 13.8 Å². The van der Waals surface area contributed by atoms with Crippen LogP contribution < -0.4 is 5.32 Å². The van der Waals surface area contributed by atoms with Crippen LogP contribution in [0.25, 0.3) is 22.3 Å². The Morgan fingerprint density at radius 3 is 2.79 bits per heavy atom. The average Bonchev–Trinajstić information content (AvgIpc) is 3.35. The van der Waals surface area contributed by atoms with Gasteiger partial charge in [0.15, 0.2) is 12.1 Å². The maximum atomic E-state index is 15.1. The van der Waals surface area contributed by atoms with Crippen molar-refractivity contribution in [3.05, 3.63) is 35.0 Å². The number of ether oxygens (including phenoxy) is 2. The molecule has 2 bridgehead atoms. The number of halogens is 2. The topological polar surface area (TPSA) is 115 Å². The normalized spacial score (nSPS) is 25.7. The Hall–Kier alpha value is -2.37. The first-order valence-electron chi connectivity index (χ1n) is 10.9. The monoisotopic (exact) mass is 477 g/mol. The first kappa shape index (κ1) is 22.4. The molecule has 3 N–H and O–H groups in total. The highest BCUT2D eigenvalue weighted by molar-refractivity contribution is 6.33. The van der Waals surface area contributed by atoms with Crippen molar-refractivity contribution < 1.29 is 24.1 Å². The third-order valence-electron chi connectivity index (χ3n) is 6.01. The van der Waals surface area contributed by atoms with Crippen molar-refractivity contribution in [2.75, 3.05) is 11.9 Å². The second kappa shape index (κ2) is 8.44. The van der Waals surface area contributed by atoms with Gasteiger partial charge in [0.05, 0.1) is 35.1 Å². The van der Waals surface area contributed by atoms with Crippen molar-refractivity contribution in [2.24, 2.45) is 0 Å². The predicted molar refractivity (Wildman–Crippen MR) is 119 cm³/mol. The fraction of sp³-hybridized carbons (Fsp3) is 0.500. The molecule has 0 aliphatic carbocycles. The van der Waals surface area contributed by atoms with Gasteiger partial charge in [-0.2, -0.15) is 0 Å². The lowest BCUT2D eigenvalue weighted by molar-refractivity contribution is -0.123. The molecule has 33 heavy (non-hydrogen) atoms. The standard InChI is InChI=1S/C22H25ClFN5O4/c1-9(2)29-15-5-11(4-13(24)19(15)27-21(29)10(3)30)18-12(23)7-25-22(28-18)26-14-6-17-32-8-16(33-17)20(14)31/h4-5,7,9-10,14,16-17,20,30-31H,6,8H2,1-3H3,(H,25,26,28)/t10-,14-,16+,17+,20+/m1/s1. The minimum atomic E-state index is -0.855. The predicted octanol–water partition coefficient (Wildman–Crippen LogP) is 3.21. The summed E-state index contributed by atoms with van der Waals surface area (Å²) < 4.78 is 27.9. The van der Waals surface area contributed by atoms with Gasteiger partial charge in [0.25, 0.3) is 0 Å². The van der Waals surface area contributed by atoms with Crippen LogP contribution in [0.4, 0.5) is 10.3 Å². The summed E-state index contributed by atoms with van der Waals surface area (Å²) in [5.41, 5.74) is 1.50. The first-order chi connectivity index (χ1) is 15.7. The summed E-state index contributed by atoms with van der Waals surface area (Å²) in [5.74, 6) is 0.0985. The lowest BCUT2D eigenvalue weighted by Crippen LogP contribution is -2.48. The van der Waals surface area contributed by atoms with Crippen LogP contribution in [0.1, 0.15) is 45.2 Å². The molecular weight excluding hydrogens is 453 g/mol. The highest BCUT2D eigenvalue weighted by Gasteiger charge is 2.43. The molecule has 2 aromatic heterocycles. The number of rotatable bonds is 5. The Morgan fingerprint density at radius 2 is 2.06 bits per heavy atom. The number of anilines is 1. The third kappa shape index (κ3) is 3.95. The zero-order chi connectivity index (χ0) is 23.4. The van der Waals surface area contributed by atoms with Crippen LogP contribution in [0.2, 0.25) is 5.02 Å². The second-order valence-corrected chi connectivity index (χ2v) is 9.15. The van der Waals surface area contributed by atoms with Gasteiger partial charge in [-0.25, -0.2) is 19.3 Å². The van der Waals surface area contributed by atoms with E-state index in [1.54, 1.807) is 17.6 Å². The molecule has 2 aliphatic heterocycles. The van der Waals surface area contributed by atoms with Gasteiger partial charge in [0, 0.05) is 18.0 Å². The average molecular weight is 478 g/mol. The van der Waals surface area contributed by atoms with E-state index < -0.39 is 24.1 Å². The number of imidazole rings is 1. The molecule has 5 rings (SSSR count). The zero-order valence-electron chi connectivity index (χ0n) is 18.4. The molecule has 5 atom stereocenters. The molecule has 0 unspecified atom stereocenters. The smallest absolute Gasteiger partial charge is 0.223 e. The highest BCUT2D eigenvalue weighted by atomic mass is 35.5. The minimum Gasteiger partial charge on any atom is -0.388 e. The lowest BCUT2D eigenvalue weighted by atomic mass is 10.0. The van der Waals surface area contributed by atoms with Crippen LogP contribution in [0.5, 0.6) is 0 Å². The minimum absolute atomic E-state index is 0.0556. The SMILES string of the molecule is CC(C)n1c([C@@H](C)O)nc2c(F)cc(-c3nc(N[C@@H]4C[C@H]5OC[C@H](O5)[C@H]4O)ncc3Cl)cc21. The number of nitrogens with one attached hydrogen (secondary N) is 1. The molecule has 176 valence electrons. The van der Waals surface area contributed by atoms with E-state index in [-0.39, 0.29) is 34.9 Å². The van der Waals surface area contributed by atoms with Crippen molar-refractivity contribution in [3.8, 4) is 11.3 Å². The Balaban J connectivity index is 1.54. The largest absolute Gasteiger partial charge is 0.388 e. The molecule has 11 heteroatoms. The summed E-state index contributed by atoms with van der Waals surface area (Å²) in [6, 6.07) is 2.66. The number of aliphatic hydroxyl groups excluding tert-OH is 2. The summed E-state index contributed by atoms with van der Waals surface area (Å²) in [6.07, 6.45) is -0.533. The summed E-state index contributed by atoms with van der Waals surface area (Å²) in [7, 11) is 0. The van der Waals surface area contributed by atoms with Crippen molar-refractivity contribution in [1.82, 2.24) is 19.5 Å². The van der Waals surface area contributed by atoms with Gasteiger partial charge in [0.1, 0.15) is 29.7 Å². The van der Waals surface area contributed by atoms with Crippen LogP contribution in [0.15, 0.2) is 18.3 Å². The number of nitrogens with zero attached hydrogens (tertiary/aromatic N) is 4. The molecule has 0 saturated carbocycles. The van der Waals surface area contributed by atoms with Gasteiger partial charge in [-0.05, 0) is 32.9 Å². The molecule has 0 radical (unpaired) electrons. The van der Waals surface area contributed by atoms with E-state index >= 15 is 4.39 Å². The van der Waals surface area contributed by atoms with E-state index in [0.717, 1.165) is 0 Å². The zero-order valence-corrected chi connectivity index (χ0v) is 19.1. The fourth-order valence-electron chi connectivity index (χ4n) is 4.48. The molecule has 2 saturated heterocycles. The highest BCUT2D eigenvalue weighted by Crippen LogP contribution is 2.34. The van der Waals surface area contributed by atoms with E-state index in [4.69, 9.17) is 21.1 Å². The number of hydrogen-bond acceptors (Lipinski definition) is 8. The molecular formula is C22H25ClFN5O4. The molecule has 4 heterocycles. The van der Waals surface area contributed by atoms with E-state index in [2.05, 4.69) is 20.3 Å². The maximum Gasteiger partial charge on any atom is 0.223 e. The Labute approximate surface area is 194 Å². The Kier molecular flexibility index (Phi) is 5.74. The van der Waals surface area contributed by atoms with Gasteiger partial charge < -0.3 is 29.6 Å². The number of aromatic nitrogens is 4. The summed E-state index contributed by atoms with van der Waals surface area (Å²) in [4.78, 5) is 13.1. The third-order valence-corrected chi connectivity index (χ3v) is 6.29. The fourth-order valence-corrected chi connectivity index (χ4v) is 4.68. The van der Waals surface area contributed by atoms with Crippen LogP contribution in [0, 0.1) is 5.82 Å². The van der Waals surface area contributed by atoms with Gasteiger partial charge >= 0.3 is 0 Å². The van der Waals surface area contributed by atoms with Gasteiger partial charge in [-0.1, -0.05) is 11.6 Å². The maximum absolute atomic E-state index is 15.1. The summed E-state index contributed by atoms with van der Waals surface area (Å²) >= 11 is 6.39. The quantitative estimate of drug-likeness (QED) is 0.513. The molecule has 3 aromatic rings. The van der Waals surface area contributed by atoms with Gasteiger partial charge in [-0.15, -0.1) is 0 Å². The lowest BCUT2D eigenvalue weighted by Gasteiger charge is -2.32. The second-order valence-electron chi connectivity index (χ2n) is 8.74. The number of hydrogen-bond donors (Lipinski definition) is 3. The van der Waals surface area contributed by atoms with Crippen LogP contribution in [-0.4, -0.2) is 60.9 Å². The van der Waals surface area contributed by atoms with Crippen molar-refractivity contribution in [3.63, 3.8) is 0 Å². The van der Waals surface area contributed by atoms with Crippen molar-refractivity contribution in [1.29, 1.82) is 0 Å². The molecule has 0 amide bonds. The van der Waals surface area contributed by atoms with E-state index in [0.29, 0.717) is 35.6 Å². The Bertz CT molecular complexity index is 1200. The number of fused-ring (bicyclic) bond motifs is 3. The van der Waals surface area contributed by atoms with Crippen LogP contribution in [-0.2, 0) is 9.47 Å². The molecule has 0 spiro atoms. The Morgan fingerprint density at radius 1 is 1.27 bits per heavy atom. The summed E-state index contributed by atoms with van der Waals surface area (Å²) in [6.45, 7) is 5.81. The first-order valence-corrected chi connectivity index (χ1v) is 11.2. The molecule has 2 fully saturated rings. The number of aliphatic hydroxyl groups is 2. The van der Waals surface area contributed by atoms with Crippen LogP contribution in [0.3, 0.4) is 0 Å². The van der Waals surface area contributed by atoms with Crippen molar-refractivity contribution >= 4 is 28.6 Å². The van der Waals surface area contributed by atoms with Crippen LogP contribution >= 0.6 is 11.6 Å². The molecule has 9 nitrogen and oxygen atoms in total. The summed E-state index contributed by atoms with van der Waals surface area (Å²) in [5, 5.41) is 24.0. The van der Waals surface area contributed by atoms with Gasteiger partial charge in [-0.3, -0.25) is 0 Å². The molecule has 2 aliphatic rings. The molecule has 1 aromatic carbocycles. The van der Waals surface area contributed by atoms with E-state index in [1.165, 1.54) is 12.3 Å². The van der Waals surface area contributed by atoms with Gasteiger partial charge in [0.2, 0.25) is 5.95 Å².